The number of aryl methyl sites for hydroxylation is 2. The van der Waals surface area contributed by atoms with Gasteiger partial charge in [-0.05, 0) is 25.0 Å². The predicted molar refractivity (Wildman–Crippen MR) is 59.0 cm³/mol. The molecule has 1 aliphatic rings. The molecular weight excluding hydrogens is 206 g/mol. The monoisotopic (exact) mass is 223 g/mol. The Labute approximate surface area is 95.2 Å². The molecule has 0 spiro atoms. The highest BCUT2D eigenvalue weighted by Crippen LogP contribution is 2.22. The van der Waals surface area contributed by atoms with Gasteiger partial charge in [-0.2, -0.15) is 0 Å². The standard InChI is InChI=1S/C12H17NO3/c1-8-5-10(7-13-9(8)2)11(14)6-12-15-3-4-16-12/h5,7,11-12,14H,3-4,6H2,1-2H3. The molecule has 16 heavy (non-hydrogen) atoms. The van der Waals surface area contributed by atoms with Gasteiger partial charge < -0.3 is 14.6 Å². The molecule has 0 amide bonds. The lowest BCUT2D eigenvalue weighted by Crippen LogP contribution is -2.13. The molecule has 1 aromatic heterocycles. The minimum Gasteiger partial charge on any atom is -0.388 e. The van der Waals surface area contributed by atoms with Crippen LogP contribution < -0.4 is 0 Å². The van der Waals surface area contributed by atoms with E-state index in [-0.39, 0.29) is 6.29 Å². The third kappa shape index (κ3) is 2.58. The summed E-state index contributed by atoms with van der Waals surface area (Å²) in [5, 5.41) is 10.00. The molecule has 4 heteroatoms. The topological polar surface area (TPSA) is 51.6 Å². The maximum Gasteiger partial charge on any atom is 0.160 e. The number of ether oxygens (including phenoxy) is 2. The number of hydrogen-bond donors (Lipinski definition) is 1. The molecule has 1 aliphatic heterocycles. The molecule has 0 saturated carbocycles. The number of pyridine rings is 1. The fraction of sp³-hybridized carbons (Fsp3) is 0.583. The summed E-state index contributed by atoms with van der Waals surface area (Å²) >= 11 is 0. The second-order valence-corrected chi connectivity index (χ2v) is 4.09. The van der Waals surface area contributed by atoms with Crippen molar-refractivity contribution in [3.8, 4) is 0 Å². The molecule has 0 radical (unpaired) electrons. The van der Waals surface area contributed by atoms with Gasteiger partial charge in [0.2, 0.25) is 0 Å². The first-order chi connectivity index (χ1) is 7.66. The largest absolute Gasteiger partial charge is 0.388 e. The summed E-state index contributed by atoms with van der Waals surface area (Å²) in [5.74, 6) is 0. The van der Waals surface area contributed by atoms with Crippen LogP contribution in [0.3, 0.4) is 0 Å². The first-order valence-corrected chi connectivity index (χ1v) is 5.51. The fourth-order valence-corrected chi connectivity index (χ4v) is 1.71. The summed E-state index contributed by atoms with van der Waals surface area (Å²) in [5.41, 5.74) is 2.90. The number of aliphatic hydroxyl groups excluding tert-OH is 1. The van der Waals surface area contributed by atoms with Gasteiger partial charge in [-0.1, -0.05) is 6.07 Å². The molecule has 2 heterocycles. The van der Waals surface area contributed by atoms with E-state index in [0.29, 0.717) is 19.6 Å². The van der Waals surface area contributed by atoms with Crippen LogP contribution in [-0.2, 0) is 9.47 Å². The summed E-state index contributed by atoms with van der Waals surface area (Å²) in [7, 11) is 0. The van der Waals surface area contributed by atoms with Crippen molar-refractivity contribution in [1.29, 1.82) is 0 Å². The van der Waals surface area contributed by atoms with Crippen LogP contribution in [0.1, 0.15) is 29.3 Å². The lowest BCUT2D eigenvalue weighted by molar-refractivity contribution is -0.0708. The Bertz CT molecular complexity index is 361. The Balaban J connectivity index is 2.02. The minimum atomic E-state index is -0.574. The average molecular weight is 223 g/mol. The van der Waals surface area contributed by atoms with E-state index in [0.717, 1.165) is 16.8 Å². The number of hydrogen-bond acceptors (Lipinski definition) is 4. The van der Waals surface area contributed by atoms with Gasteiger partial charge in [0.05, 0.1) is 19.3 Å². The first-order valence-electron chi connectivity index (χ1n) is 5.51. The van der Waals surface area contributed by atoms with Gasteiger partial charge in [0.25, 0.3) is 0 Å². The smallest absolute Gasteiger partial charge is 0.160 e. The van der Waals surface area contributed by atoms with Crippen LogP contribution in [0.4, 0.5) is 0 Å². The van der Waals surface area contributed by atoms with Crippen molar-refractivity contribution in [3.63, 3.8) is 0 Å². The van der Waals surface area contributed by atoms with Crippen molar-refractivity contribution in [2.45, 2.75) is 32.7 Å². The SMILES string of the molecule is Cc1cc(C(O)CC2OCCO2)cnc1C. The quantitative estimate of drug-likeness (QED) is 0.843. The second kappa shape index (κ2) is 4.91. The van der Waals surface area contributed by atoms with Gasteiger partial charge in [-0.15, -0.1) is 0 Å². The van der Waals surface area contributed by atoms with Gasteiger partial charge in [0.15, 0.2) is 6.29 Å². The van der Waals surface area contributed by atoms with Crippen molar-refractivity contribution >= 4 is 0 Å². The van der Waals surface area contributed by atoms with Gasteiger partial charge in [-0.25, -0.2) is 0 Å². The molecule has 1 atom stereocenters. The fourth-order valence-electron chi connectivity index (χ4n) is 1.71. The van der Waals surface area contributed by atoms with E-state index in [1.54, 1.807) is 6.20 Å². The van der Waals surface area contributed by atoms with Crippen molar-refractivity contribution in [2.24, 2.45) is 0 Å². The molecule has 0 aliphatic carbocycles. The van der Waals surface area contributed by atoms with E-state index in [2.05, 4.69) is 4.98 Å². The highest BCUT2D eigenvalue weighted by molar-refractivity contribution is 5.24. The molecule has 2 rings (SSSR count). The zero-order valence-electron chi connectivity index (χ0n) is 9.64. The van der Waals surface area contributed by atoms with Gasteiger partial charge in [-0.3, -0.25) is 4.98 Å². The highest BCUT2D eigenvalue weighted by Gasteiger charge is 2.21. The van der Waals surface area contributed by atoms with Crippen LogP contribution in [0, 0.1) is 13.8 Å². The predicted octanol–water partition coefficient (Wildman–Crippen LogP) is 1.49. The average Bonchev–Trinajstić information content (AvgIpc) is 2.74. The van der Waals surface area contributed by atoms with Crippen LogP contribution in [0.15, 0.2) is 12.3 Å². The van der Waals surface area contributed by atoms with Crippen molar-refractivity contribution in [1.82, 2.24) is 4.98 Å². The Morgan fingerprint density at radius 1 is 1.44 bits per heavy atom. The van der Waals surface area contributed by atoms with E-state index in [4.69, 9.17) is 9.47 Å². The summed E-state index contributed by atoms with van der Waals surface area (Å²) in [6.07, 6.45) is 1.32. The summed E-state index contributed by atoms with van der Waals surface area (Å²) in [6, 6.07) is 1.96. The van der Waals surface area contributed by atoms with Crippen molar-refractivity contribution in [2.75, 3.05) is 13.2 Å². The Hall–Kier alpha value is -0.970. The number of rotatable bonds is 3. The highest BCUT2D eigenvalue weighted by atomic mass is 16.7. The maximum absolute atomic E-state index is 10.00. The molecule has 0 aromatic carbocycles. The van der Waals surface area contributed by atoms with Crippen molar-refractivity contribution in [3.05, 3.63) is 29.1 Å². The number of aromatic nitrogens is 1. The normalized spacial score (nSPS) is 18.9. The molecule has 0 bridgehead atoms. The van der Waals surface area contributed by atoms with Crippen LogP contribution >= 0.6 is 0 Å². The van der Waals surface area contributed by atoms with Gasteiger partial charge >= 0.3 is 0 Å². The number of aliphatic hydroxyl groups is 1. The van der Waals surface area contributed by atoms with E-state index in [1.165, 1.54) is 0 Å². The first kappa shape index (κ1) is 11.5. The van der Waals surface area contributed by atoms with Crippen LogP contribution in [0.25, 0.3) is 0 Å². The molecule has 1 N–H and O–H groups in total. The summed E-state index contributed by atoms with van der Waals surface area (Å²) in [4.78, 5) is 4.23. The minimum absolute atomic E-state index is 0.281. The third-order valence-electron chi connectivity index (χ3n) is 2.85. The van der Waals surface area contributed by atoms with E-state index < -0.39 is 6.10 Å². The molecule has 4 nitrogen and oxygen atoms in total. The molecule has 1 fully saturated rings. The van der Waals surface area contributed by atoms with E-state index in [1.807, 2.05) is 19.9 Å². The molecule has 1 aromatic rings. The molecule has 1 unspecified atom stereocenters. The molecule has 1 saturated heterocycles. The zero-order chi connectivity index (χ0) is 11.5. The Kier molecular flexibility index (Phi) is 3.53. The molecule has 88 valence electrons. The van der Waals surface area contributed by atoms with Crippen LogP contribution in [-0.4, -0.2) is 29.6 Å². The second-order valence-electron chi connectivity index (χ2n) is 4.09. The van der Waals surface area contributed by atoms with Crippen molar-refractivity contribution < 1.29 is 14.6 Å². The Morgan fingerprint density at radius 2 is 2.12 bits per heavy atom. The zero-order valence-corrected chi connectivity index (χ0v) is 9.64. The number of nitrogens with zero attached hydrogens (tertiary/aromatic N) is 1. The lowest BCUT2D eigenvalue weighted by Gasteiger charge is -2.15. The lowest BCUT2D eigenvalue weighted by atomic mass is 10.1. The van der Waals surface area contributed by atoms with Gasteiger partial charge in [0, 0.05) is 18.3 Å². The summed E-state index contributed by atoms with van der Waals surface area (Å²) < 4.78 is 10.6. The van der Waals surface area contributed by atoms with E-state index in [9.17, 15) is 5.11 Å². The molecular formula is C12H17NO3. The van der Waals surface area contributed by atoms with E-state index >= 15 is 0 Å². The Morgan fingerprint density at radius 3 is 2.75 bits per heavy atom. The third-order valence-corrected chi connectivity index (χ3v) is 2.85. The van der Waals surface area contributed by atoms with Crippen LogP contribution in [0.5, 0.6) is 0 Å². The summed E-state index contributed by atoms with van der Waals surface area (Å²) in [6.45, 7) is 5.17. The van der Waals surface area contributed by atoms with Gasteiger partial charge in [0.1, 0.15) is 0 Å². The van der Waals surface area contributed by atoms with Crippen LogP contribution in [0.2, 0.25) is 0 Å². The maximum atomic E-state index is 10.00.